The van der Waals surface area contributed by atoms with Gasteiger partial charge in [-0.05, 0) is 42.9 Å². The van der Waals surface area contributed by atoms with E-state index in [2.05, 4.69) is 17.6 Å². The number of carbonyl (C=O) groups excluding carboxylic acids is 1. The largest absolute Gasteiger partial charge is 0.478 e. The molecule has 0 spiro atoms. The Bertz CT molecular complexity index is 529. The van der Waals surface area contributed by atoms with Crippen LogP contribution in [0.15, 0.2) is 18.2 Å². The lowest BCUT2D eigenvalue weighted by Gasteiger charge is -2.12. The summed E-state index contributed by atoms with van der Waals surface area (Å²) in [6.45, 7) is 2.73. The highest BCUT2D eigenvalue weighted by Crippen LogP contribution is 2.36. The smallest absolute Gasteiger partial charge is 0.337 e. The van der Waals surface area contributed by atoms with E-state index in [0.717, 1.165) is 5.92 Å². The zero-order valence-electron chi connectivity index (χ0n) is 11.1. The van der Waals surface area contributed by atoms with Crippen LogP contribution in [0.1, 0.15) is 30.1 Å². The Hall–Kier alpha value is -1.75. The number of hydrogen-bond acceptors (Lipinski definition) is 2. The molecule has 1 aliphatic rings. The van der Waals surface area contributed by atoms with Crippen LogP contribution >= 0.6 is 11.6 Å². The Morgan fingerprint density at radius 2 is 2.15 bits per heavy atom. The van der Waals surface area contributed by atoms with E-state index in [1.165, 1.54) is 25.0 Å². The normalized spacial score (nSPS) is 15.5. The molecule has 0 bridgehead atoms. The first kappa shape index (κ1) is 14.7. The van der Waals surface area contributed by atoms with Crippen LogP contribution < -0.4 is 10.6 Å². The standard InChI is InChI=1S/C14H17ClN2O3/c1-8(9-2-3-9)7-16-14(20)17-10-4-5-12(15)11(6-10)13(18)19/h4-6,8-9H,2-3,7H2,1H3,(H,18,19)(H2,16,17,20). The quantitative estimate of drug-likeness (QED) is 0.780. The second-order valence-corrected chi connectivity index (χ2v) is 5.56. The van der Waals surface area contributed by atoms with Gasteiger partial charge < -0.3 is 15.7 Å². The third kappa shape index (κ3) is 3.87. The van der Waals surface area contributed by atoms with E-state index in [1.807, 2.05) is 0 Å². The lowest BCUT2D eigenvalue weighted by molar-refractivity contribution is 0.0697. The van der Waals surface area contributed by atoms with Gasteiger partial charge in [-0.25, -0.2) is 9.59 Å². The third-order valence-corrected chi connectivity index (χ3v) is 3.80. The minimum atomic E-state index is -1.12. The van der Waals surface area contributed by atoms with Gasteiger partial charge in [0.2, 0.25) is 0 Å². The number of carboxylic acids is 1. The molecule has 0 radical (unpaired) electrons. The highest BCUT2D eigenvalue weighted by atomic mass is 35.5. The van der Waals surface area contributed by atoms with E-state index in [-0.39, 0.29) is 16.6 Å². The molecule has 2 rings (SSSR count). The number of carboxylic acid groups (broad SMARTS) is 1. The van der Waals surface area contributed by atoms with Gasteiger partial charge in [0.05, 0.1) is 10.6 Å². The van der Waals surface area contributed by atoms with Gasteiger partial charge in [-0.15, -0.1) is 0 Å². The van der Waals surface area contributed by atoms with Crippen molar-refractivity contribution in [1.82, 2.24) is 5.32 Å². The lowest BCUT2D eigenvalue weighted by atomic mass is 10.1. The van der Waals surface area contributed by atoms with Crippen molar-refractivity contribution in [2.75, 3.05) is 11.9 Å². The predicted molar refractivity (Wildman–Crippen MR) is 77.3 cm³/mol. The first-order chi connectivity index (χ1) is 9.47. The van der Waals surface area contributed by atoms with Gasteiger partial charge >= 0.3 is 12.0 Å². The topological polar surface area (TPSA) is 78.4 Å². The molecule has 108 valence electrons. The summed E-state index contributed by atoms with van der Waals surface area (Å²) in [6.07, 6.45) is 2.48. The number of rotatable bonds is 5. The SMILES string of the molecule is CC(CNC(=O)Nc1ccc(Cl)c(C(=O)O)c1)C1CC1. The number of aromatic carboxylic acids is 1. The predicted octanol–water partition coefficient (Wildman–Crippen LogP) is 3.21. The fourth-order valence-electron chi connectivity index (χ4n) is 2.03. The van der Waals surface area contributed by atoms with Crippen LogP contribution in [0, 0.1) is 11.8 Å². The highest BCUT2D eigenvalue weighted by molar-refractivity contribution is 6.33. The zero-order chi connectivity index (χ0) is 14.7. The molecule has 1 aromatic carbocycles. The summed E-state index contributed by atoms with van der Waals surface area (Å²) in [6, 6.07) is 4.02. The van der Waals surface area contributed by atoms with Gasteiger partial charge in [-0.2, -0.15) is 0 Å². The van der Waals surface area contributed by atoms with Crippen LogP contribution in [0.3, 0.4) is 0 Å². The number of anilines is 1. The maximum Gasteiger partial charge on any atom is 0.337 e. The molecule has 2 amide bonds. The summed E-state index contributed by atoms with van der Waals surface area (Å²) >= 11 is 5.76. The Labute approximate surface area is 122 Å². The molecule has 6 heteroatoms. The Kier molecular flexibility index (Phi) is 4.49. The summed E-state index contributed by atoms with van der Waals surface area (Å²) in [5, 5.41) is 14.5. The van der Waals surface area contributed by atoms with E-state index >= 15 is 0 Å². The number of benzene rings is 1. The lowest BCUT2D eigenvalue weighted by Crippen LogP contribution is -2.32. The molecular weight excluding hydrogens is 280 g/mol. The highest BCUT2D eigenvalue weighted by Gasteiger charge is 2.27. The van der Waals surface area contributed by atoms with Crippen molar-refractivity contribution in [2.45, 2.75) is 19.8 Å². The van der Waals surface area contributed by atoms with Gasteiger partial charge in [0.15, 0.2) is 0 Å². The Morgan fingerprint density at radius 3 is 2.75 bits per heavy atom. The van der Waals surface area contributed by atoms with Crippen molar-refractivity contribution in [3.8, 4) is 0 Å². The molecule has 0 saturated heterocycles. The van der Waals surface area contributed by atoms with E-state index in [1.54, 1.807) is 6.07 Å². The number of amides is 2. The number of urea groups is 1. The molecule has 1 fully saturated rings. The van der Waals surface area contributed by atoms with Crippen molar-refractivity contribution >= 4 is 29.3 Å². The van der Waals surface area contributed by atoms with E-state index < -0.39 is 5.97 Å². The second kappa shape index (κ2) is 6.13. The zero-order valence-corrected chi connectivity index (χ0v) is 11.9. The van der Waals surface area contributed by atoms with Crippen LogP contribution in [0.2, 0.25) is 5.02 Å². The average molecular weight is 297 g/mol. The fourth-order valence-corrected chi connectivity index (χ4v) is 2.23. The molecule has 1 saturated carbocycles. The van der Waals surface area contributed by atoms with Crippen molar-refractivity contribution in [1.29, 1.82) is 0 Å². The number of halogens is 1. The van der Waals surface area contributed by atoms with Crippen LogP contribution in [0.25, 0.3) is 0 Å². The molecule has 1 aliphatic carbocycles. The summed E-state index contributed by atoms with van der Waals surface area (Å²) in [4.78, 5) is 22.7. The minimum absolute atomic E-state index is 0.0317. The van der Waals surface area contributed by atoms with E-state index in [9.17, 15) is 9.59 Å². The van der Waals surface area contributed by atoms with Gasteiger partial charge in [-0.3, -0.25) is 0 Å². The van der Waals surface area contributed by atoms with Crippen LogP contribution in [0.4, 0.5) is 10.5 Å². The molecule has 0 aliphatic heterocycles. The first-order valence-corrected chi connectivity index (χ1v) is 6.93. The number of nitrogens with one attached hydrogen (secondary N) is 2. The summed E-state index contributed by atoms with van der Waals surface area (Å²) in [5.41, 5.74) is 0.374. The Balaban J connectivity index is 1.90. The molecular formula is C14H17ClN2O3. The summed E-state index contributed by atoms with van der Waals surface area (Å²) in [5.74, 6) is 0.0754. The van der Waals surface area contributed by atoms with E-state index in [4.69, 9.17) is 16.7 Å². The van der Waals surface area contributed by atoms with Crippen molar-refractivity contribution in [3.05, 3.63) is 28.8 Å². The van der Waals surface area contributed by atoms with E-state index in [0.29, 0.717) is 18.2 Å². The maximum absolute atomic E-state index is 11.7. The Morgan fingerprint density at radius 1 is 1.45 bits per heavy atom. The molecule has 0 heterocycles. The molecule has 1 aromatic rings. The molecule has 5 nitrogen and oxygen atoms in total. The molecule has 20 heavy (non-hydrogen) atoms. The summed E-state index contributed by atoms with van der Waals surface area (Å²) in [7, 11) is 0. The number of hydrogen-bond donors (Lipinski definition) is 3. The molecule has 0 aromatic heterocycles. The van der Waals surface area contributed by atoms with Crippen LogP contribution in [-0.4, -0.2) is 23.7 Å². The van der Waals surface area contributed by atoms with Gasteiger partial charge in [0.1, 0.15) is 0 Å². The van der Waals surface area contributed by atoms with Crippen LogP contribution in [-0.2, 0) is 0 Å². The van der Waals surface area contributed by atoms with Crippen LogP contribution in [0.5, 0.6) is 0 Å². The van der Waals surface area contributed by atoms with Crippen molar-refractivity contribution in [3.63, 3.8) is 0 Å². The molecule has 3 N–H and O–H groups in total. The average Bonchev–Trinajstić information content (AvgIpc) is 3.22. The van der Waals surface area contributed by atoms with Crippen molar-refractivity contribution in [2.24, 2.45) is 11.8 Å². The van der Waals surface area contributed by atoms with Gasteiger partial charge in [0.25, 0.3) is 0 Å². The van der Waals surface area contributed by atoms with Gasteiger partial charge in [-0.1, -0.05) is 18.5 Å². The fraction of sp³-hybridized carbons (Fsp3) is 0.429. The van der Waals surface area contributed by atoms with Gasteiger partial charge in [0, 0.05) is 12.2 Å². The maximum atomic E-state index is 11.7. The van der Waals surface area contributed by atoms with Crippen molar-refractivity contribution < 1.29 is 14.7 Å². The number of carbonyl (C=O) groups is 2. The third-order valence-electron chi connectivity index (χ3n) is 3.47. The summed E-state index contributed by atoms with van der Waals surface area (Å²) < 4.78 is 0. The molecule has 1 atom stereocenters. The minimum Gasteiger partial charge on any atom is -0.478 e. The monoisotopic (exact) mass is 296 g/mol. The first-order valence-electron chi connectivity index (χ1n) is 6.55. The molecule has 1 unspecified atom stereocenters. The second-order valence-electron chi connectivity index (χ2n) is 5.15.